The minimum atomic E-state index is -2.68. The van der Waals surface area contributed by atoms with Crippen LogP contribution < -0.4 is 4.74 Å². The predicted molar refractivity (Wildman–Crippen MR) is 51.0 cm³/mol. The Hall–Kier alpha value is -1.04. The molecular weight excluding hydrogens is 277 g/mol. The zero-order chi connectivity index (χ0) is 11.4. The molecule has 0 aliphatic heterocycles. The van der Waals surface area contributed by atoms with E-state index in [4.69, 9.17) is 0 Å². The standard InChI is InChI=1S/C9H6BrF3O2/c10-6-1-5(3-14)2-7(11)9(6)15-4-8(12)13/h1-3,8H,4H2. The molecule has 0 unspecified atom stereocenters. The van der Waals surface area contributed by atoms with Gasteiger partial charge in [0.15, 0.2) is 11.6 Å². The van der Waals surface area contributed by atoms with Crippen molar-refractivity contribution in [1.82, 2.24) is 0 Å². The van der Waals surface area contributed by atoms with E-state index in [1.165, 1.54) is 6.07 Å². The fraction of sp³-hybridized carbons (Fsp3) is 0.222. The first kappa shape index (κ1) is 12.0. The third-order valence-electron chi connectivity index (χ3n) is 1.51. The molecule has 0 spiro atoms. The molecule has 0 saturated heterocycles. The third kappa shape index (κ3) is 3.23. The summed E-state index contributed by atoms with van der Waals surface area (Å²) in [7, 11) is 0. The molecule has 0 heterocycles. The highest BCUT2D eigenvalue weighted by molar-refractivity contribution is 9.10. The molecule has 1 aromatic carbocycles. The van der Waals surface area contributed by atoms with Gasteiger partial charge in [0, 0.05) is 5.56 Å². The van der Waals surface area contributed by atoms with Gasteiger partial charge in [-0.15, -0.1) is 0 Å². The third-order valence-corrected chi connectivity index (χ3v) is 2.10. The van der Waals surface area contributed by atoms with Gasteiger partial charge in [0.25, 0.3) is 6.43 Å². The summed E-state index contributed by atoms with van der Waals surface area (Å²) in [5.41, 5.74) is 0.101. The predicted octanol–water partition coefficient (Wildman–Crippen LogP) is 3.04. The van der Waals surface area contributed by atoms with E-state index in [2.05, 4.69) is 20.7 Å². The number of halogens is 4. The first-order valence-electron chi connectivity index (χ1n) is 3.89. The molecule has 0 aliphatic carbocycles. The SMILES string of the molecule is O=Cc1cc(F)c(OCC(F)F)c(Br)c1. The number of rotatable bonds is 4. The number of hydrogen-bond donors (Lipinski definition) is 0. The highest BCUT2D eigenvalue weighted by Crippen LogP contribution is 2.29. The topological polar surface area (TPSA) is 26.3 Å². The number of benzene rings is 1. The monoisotopic (exact) mass is 282 g/mol. The molecule has 0 amide bonds. The van der Waals surface area contributed by atoms with Crippen LogP contribution in [-0.2, 0) is 0 Å². The van der Waals surface area contributed by atoms with Gasteiger partial charge in [-0.3, -0.25) is 4.79 Å². The van der Waals surface area contributed by atoms with E-state index in [9.17, 15) is 18.0 Å². The van der Waals surface area contributed by atoms with E-state index < -0.39 is 18.8 Å². The van der Waals surface area contributed by atoms with Gasteiger partial charge in [0.2, 0.25) is 0 Å². The quantitative estimate of drug-likeness (QED) is 0.794. The van der Waals surface area contributed by atoms with E-state index in [-0.39, 0.29) is 15.8 Å². The van der Waals surface area contributed by atoms with Crippen LogP contribution >= 0.6 is 15.9 Å². The molecule has 1 aromatic rings. The maximum Gasteiger partial charge on any atom is 0.272 e. The van der Waals surface area contributed by atoms with Gasteiger partial charge in [0.1, 0.15) is 12.9 Å². The number of ether oxygens (including phenoxy) is 1. The Kier molecular flexibility index (Phi) is 4.14. The fourth-order valence-corrected chi connectivity index (χ4v) is 1.50. The summed E-state index contributed by atoms with van der Waals surface area (Å²) in [4.78, 5) is 10.3. The van der Waals surface area contributed by atoms with Crippen molar-refractivity contribution in [3.8, 4) is 5.75 Å². The van der Waals surface area contributed by atoms with Crippen LogP contribution in [0.3, 0.4) is 0 Å². The Bertz CT molecular complexity index is 345. The lowest BCUT2D eigenvalue weighted by molar-refractivity contribution is 0.0794. The molecule has 0 aromatic heterocycles. The Balaban J connectivity index is 2.93. The van der Waals surface area contributed by atoms with Crippen LogP contribution in [0, 0.1) is 5.82 Å². The summed E-state index contributed by atoms with van der Waals surface area (Å²) in [6.07, 6.45) is -2.23. The molecule has 0 radical (unpaired) electrons. The molecule has 82 valence electrons. The Labute approximate surface area is 92.2 Å². The van der Waals surface area contributed by atoms with Crippen LogP contribution in [0.4, 0.5) is 13.2 Å². The summed E-state index contributed by atoms with van der Waals surface area (Å²) in [6.45, 7) is -0.893. The number of carbonyl (C=O) groups excluding carboxylic acids is 1. The van der Waals surface area contributed by atoms with Crippen LogP contribution in [0.15, 0.2) is 16.6 Å². The second kappa shape index (κ2) is 5.16. The molecule has 0 aliphatic rings. The highest BCUT2D eigenvalue weighted by atomic mass is 79.9. The van der Waals surface area contributed by atoms with Crippen molar-refractivity contribution in [1.29, 1.82) is 0 Å². The molecular formula is C9H6BrF3O2. The molecule has 2 nitrogen and oxygen atoms in total. The maximum absolute atomic E-state index is 13.2. The Morgan fingerprint density at radius 1 is 1.47 bits per heavy atom. The van der Waals surface area contributed by atoms with Crippen molar-refractivity contribution in [3.05, 3.63) is 28.0 Å². The van der Waals surface area contributed by atoms with E-state index in [0.717, 1.165) is 6.07 Å². The van der Waals surface area contributed by atoms with Gasteiger partial charge >= 0.3 is 0 Å². The average molecular weight is 283 g/mol. The van der Waals surface area contributed by atoms with Crippen molar-refractivity contribution in [2.45, 2.75) is 6.43 Å². The van der Waals surface area contributed by atoms with Crippen molar-refractivity contribution in [2.24, 2.45) is 0 Å². The molecule has 0 atom stereocenters. The summed E-state index contributed by atoms with van der Waals surface area (Å²) in [6, 6.07) is 2.20. The molecule has 1 rings (SSSR count). The van der Waals surface area contributed by atoms with Gasteiger partial charge < -0.3 is 4.74 Å². The molecule has 0 fully saturated rings. The van der Waals surface area contributed by atoms with E-state index in [0.29, 0.717) is 6.29 Å². The summed E-state index contributed by atoms with van der Waals surface area (Å²) in [5, 5.41) is 0. The maximum atomic E-state index is 13.2. The Morgan fingerprint density at radius 3 is 2.60 bits per heavy atom. The van der Waals surface area contributed by atoms with Crippen molar-refractivity contribution >= 4 is 22.2 Å². The fourth-order valence-electron chi connectivity index (χ4n) is 0.932. The molecule has 0 bridgehead atoms. The summed E-state index contributed by atoms with van der Waals surface area (Å²) < 4.78 is 41.5. The van der Waals surface area contributed by atoms with Gasteiger partial charge in [-0.1, -0.05) is 0 Å². The average Bonchev–Trinajstić information content (AvgIpc) is 2.15. The first-order valence-corrected chi connectivity index (χ1v) is 4.69. The van der Waals surface area contributed by atoms with Crippen LogP contribution in [0.2, 0.25) is 0 Å². The smallest absolute Gasteiger partial charge is 0.272 e. The van der Waals surface area contributed by atoms with Crippen LogP contribution in [0.25, 0.3) is 0 Å². The van der Waals surface area contributed by atoms with Crippen molar-refractivity contribution < 1.29 is 22.7 Å². The normalized spacial score (nSPS) is 10.5. The second-order valence-corrected chi connectivity index (χ2v) is 3.49. The van der Waals surface area contributed by atoms with E-state index in [1.807, 2.05) is 0 Å². The molecule has 15 heavy (non-hydrogen) atoms. The van der Waals surface area contributed by atoms with Gasteiger partial charge in [0.05, 0.1) is 4.47 Å². The van der Waals surface area contributed by atoms with Crippen LogP contribution in [0.5, 0.6) is 5.75 Å². The lowest BCUT2D eigenvalue weighted by atomic mass is 10.2. The first-order chi connectivity index (χ1) is 7.04. The molecule has 0 saturated carbocycles. The summed E-state index contributed by atoms with van der Waals surface area (Å²) >= 11 is 2.92. The largest absolute Gasteiger partial charge is 0.483 e. The lowest BCUT2D eigenvalue weighted by Gasteiger charge is -2.08. The second-order valence-electron chi connectivity index (χ2n) is 2.63. The van der Waals surface area contributed by atoms with E-state index >= 15 is 0 Å². The van der Waals surface area contributed by atoms with Crippen molar-refractivity contribution in [2.75, 3.05) is 6.61 Å². The van der Waals surface area contributed by atoms with Crippen molar-refractivity contribution in [3.63, 3.8) is 0 Å². The zero-order valence-electron chi connectivity index (χ0n) is 7.34. The van der Waals surface area contributed by atoms with Gasteiger partial charge in [-0.05, 0) is 28.1 Å². The Morgan fingerprint density at radius 2 is 2.13 bits per heavy atom. The minimum absolute atomic E-state index is 0.101. The number of aldehydes is 1. The summed E-state index contributed by atoms with van der Waals surface area (Å²) in [5.74, 6) is -1.17. The van der Waals surface area contributed by atoms with Crippen LogP contribution in [0.1, 0.15) is 10.4 Å². The number of alkyl halides is 2. The minimum Gasteiger partial charge on any atom is -0.483 e. The zero-order valence-corrected chi connectivity index (χ0v) is 8.93. The number of hydrogen-bond acceptors (Lipinski definition) is 2. The van der Waals surface area contributed by atoms with Gasteiger partial charge in [-0.2, -0.15) is 0 Å². The lowest BCUT2D eigenvalue weighted by Crippen LogP contribution is -2.08. The van der Waals surface area contributed by atoms with E-state index in [1.54, 1.807) is 0 Å². The van der Waals surface area contributed by atoms with Gasteiger partial charge in [-0.25, -0.2) is 13.2 Å². The van der Waals surface area contributed by atoms with Crippen LogP contribution in [-0.4, -0.2) is 19.3 Å². The highest BCUT2D eigenvalue weighted by Gasteiger charge is 2.12. The number of carbonyl (C=O) groups is 1. The molecule has 0 N–H and O–H groups in total. The molecule has 6 heteroatoms.